The number of carbonyl (C=O) groups excluding carboxylic acids is 3. The van der Waals surface area contributed by atoms with Crippen molar-refractivity contribution >= 4 is 35.1 Å². The van der Waals surface area contributed by atoms with Crippen LogP contribution in [0.3, 0.4) is 0 Å². The number of nitrogen functional groups attached to an aromatic ring is 1. The predicted molar refractivity (Wildman–Crippen MR) is 194 cm³/mol. The molecule has 2 amide bonds. The summed E-state index contributed by atoms with van der Waals surface area (Å²) in [5.74, 6) is -0.562. The molecule has 2 aliphatic rings. The second kappa shape index (κ2) is 21.0. The molecule has 2 aromatic rings. The lowest BCUT2D eigenvalue weighted by atomic mass is 10.0. The Kier molecular flexibility index (Phi) is 16.5. The van der Waals surface area contributed by atoms with Gasteiger partial charge in [-0.05, 0) is 50.2 Å². The number of hydrogen-bond acceptors (Lipinski definition) is 8. The number of carbonyl (C=O) groups is 3. The van der Waals surface area contributed by atoms with Crippen LogP contribution in [0.5, 0.6) is 5.75 Å². The predicted octanol–water partition coefficient (Wildman–Crippen LogP) is 6.05. The van der Waals surface area contributed by atoms with Gasteiger partial charge < -0.3 is 26.2 Å². The van der Waals surface area contributed by atoms with Crippen molar-refractivity contribution in [3.63, 3.8) is 0 Å². The van der Waals surface area contributed by atoms with Gasteiger partial charge in [0.25, 0.3) is 0 Å². The molecule has 0 aromatic heterocycles. The molecule has 2 fully saturated rings. The molecule has 2 aliphatic heterocycles. The average molecular weight is 698 g/mol. The second-order valence-corrected chi connectivity index (χ2v) is 14.0. The van der Waals surface area contributed by atoms with E-state index in [1.165, 1.54) is 30.5 Å². The Balaban J connectivity index is 0.917. The van der Waals surface area contributed by atoms with Crippen molar-refractivity contribution in [1.29, 1.82) is 0 Å². The minimum absolute atomic E-state index is 0.00434. The summed E-state index contributed by atoms with van der Waals surface area (Å²) in [4.78, 5) is 41.9. The van der Waals surface area contributed by atoms with Crippen LogP contribution in [0.2, 0.25) is 5.02 Å². The molecule has 2 saturated heterocycles. The number of likely N-dealkylation sites (tertiary alicyclic amines) is 2. The van der Waals surface area contributed by atoms with Gasteiger partial charge in [-0.15, -0.1) is 0 Å². The number of amides is 2. The summed E-state index contributed by atoms with van der Waals surface area (Å²) in [6.07, 6.45) is 13.7. The lowest BCUT2D eigenvalue weighted by Crippen LogP contribution is -2.45. The first-order valence-corrected chi connectivity index (χ1v) is 18.7. The molecular formula is C38H56ClN5O5. The van der Waals surface area contributed by atoms with Gasteiger partial charge in [0.2, 0.25) is 11.8 Å². The quantitative estimate of drug-likeness (QED) is 0.0792. The van der Waals surface area contributed by atoms with Crippen LogP contribution in [0.4, 0.5) is 5.69 Å². The molecule has 0 unspecified atom stereocenters. The first-order valence-electron chi connectivity index (χ1n) is 18.3. The first-order chi connectivity index (χ1) is 23.8. The Morgan fingerprint density at radius 2 is 1.29 bits per heavy atom. The third-order valence-corrected chi connectivity index (χ3v) is 10.0. The number of nitrogens with zero attached hydrogens (tertiary/aromatic N) is 2. The number of unbranched alkanes of at least 4 members (excludes halogenated alkanes) is 7. The Hall–Kier alpha value is -3.34. The van der Waals surface area contributed by atoms with E-state index in [1.54, 1.807) is 0 Å². The highest BCUT2D eigenvalue weighted by atomic mass is 35.5. The average Bonchev–Trinajstić information content (AvgIpc) is 3.09. The number of nitrogens with two attached hydrogens (primary N) is 1. The topological polar surface area (TPSA) is 137 Å². The minimum atomic E-state index is -0.639. The smallest absolute Gasteiger partial charge is 0.342 e. The maximum absolute atomic E-state index is 12.5. The maximum atomic E-state index is 12.5. The second-order valence-electron chi connectivity index (χ2n) is 13.6. The van der Waals surface area contributed by atoms with Crippen molar-refractivity contribution in [2.24, 2.45) is 0 Å². The Labute approximate surface area is 297 Å². The molecule has 49 heavy (non-hydrogen) atoms. The van der Waals surface area contributed by atoms with Crippen molar-refractivity contribution < 1.29 is 24.2 Å². The SMILES string of the molecule is Nc1cc(O)c(C(=O)OCCN2CCC(NC(=O)CCCCCCCCCCC(=O)NC3CCN(Cc4ccccc4)CC3)CC2)cc1Cl. The van der Waals surface area contributed by atoms with E-state index in [1.807, 2.05) is 0 Å². The van der Waals surface area contributed by atoms with Crippen LogP contribution >= 0.6 is 11.6 Å². The molecule has 11 heteroatoms. The molecule has 0 spiro atoms. The number of rotatable bonds is 19. The van der Waals surface area contributed by atoms with Gasteiger partial charge in [-0.2, -0.15) is 0 Å². The fourth-order valence-corrected chi connectivity index (χ4v) is 6.86. The number of esters is 1. The van der Waals surface area contributed by atoms with Gasteiger partial charge in [0.1, 0.15) is 17.9 Å². The number of halogens is 1. The van der Waals surface area contributed by atoms with E-state index in [4.69, 9.17) is 22.1 Å². The number of phenols is 1. The summed E-state index contributed by atoms with van der Waals surface area (Å²) < 4.78 is 5.32. The number of aromatic hydroxyl groups is 1. The zero-order valence-electron chi connectivity index (χ0n) is 29.0. The molecular weight excluding hydrogens is 642 g/mol. The van der Waals surface area contributed by atoms with E-state index < -0.39 is 5.97 Å². The zero-order valence-corrected chi connectivity index (χ0v) is 29.7. The van der Waals surface area contributed by atoms with Gasteiger partial charge in [0, 0.05) is 70.3 Å². The van der Waals surface area contributed by atoms with E-state index >= 15 is 0 Å². The summed E-state index contributed by atoms with van der Waals surface area (Å²) in [5, 5.41) is 16.6. The van der Waals surface area contributed by atoms with Crippen molar-refractivity contribution in [1.82, 2.24) is 20.4 Å². The summed E-state index contributed by atoms with van der Waals surface area (Å²) >= 11 is 5.95. The molecule has 270 valence electrons. The van der Waals surface area contributed by atoms with Gasteiger partial charge in [-0.3, -0.25) is 19.4 Å². The Bertz CT molecular complexity index is 1310. The van der Waals surface area contributed by atoms with E-state index in [2.05, 4.69) is 50.8 Å². The number of piperidine rings is 2. The number of ether oxygens (including phenoxy) is 1. The number of anilines is 1. The van der Waals surface area contributed by atoms with Crippen molar-refractivity contribution in [3.05, 3.63) is 58.6 Å². The zero-order chi connectivity index (χ0) is 34.8. The lowest BCUT2D eigenvalue weighted by Gasteiger charge is -2.32. The molecule has 0 bridgehead atoms. The van der Waals surface area contributed by atoms with Crippen molar-refractivity contribution in [2.75, 3.05) is 45.1 Å². The highest BCUT2D eigenvalue weighted by Crippen LogP contribution is 2.28. The number of nitrogens with one attached hydrogen (secondary N) is 2. The first kappa shape index (κ1) is 38.5. The van der Waals surface area contributed by atoms with E-state index in [0.717, 1.165) is 96.9 Å². The van der Waals surface area contributed by atoms with Crippen LogP contribution in [-0.4, -0.2) is 84.1 Å². The standard InChI is InChI=1S/C38H56ClN5O5/c39-33-26-32(35(45)27-34(33)40)38(48)49-25-24-43-20-16-30(17-21-43)41-36(46)14-10-5-3-1-2-4-6-11-15-37(47)42-31-18-22-44(23-19-31)28-29-12-8-7-9-13-29/h7-9,12-13,26-27,30-31,45H,1-6,10-11,14-25,28,40H2,(H,41,46)(H,42,47). The summed E-state index contributed by atoms with van der Waals surface area (Å²) in [7, 11) is 0. The van der Waals surface area contributed by atoms with Crippen LogP contribution in [0.15, 0.2) is 42.5 Å². The van der Waals surface area contributed by atoms with E-state index in [-0.39, 0.29) is 46.5 Å². The summed E-state index contributed by atoms with van der Waals surface area (Å²) in [6, 6.07) is 13.6. The van der Waals surface area contributed by atoms with Gasteiger partial charge in [-0.1, -0.05) is 80.5 Å². The van der Waals surface area contributed by atoms with Crippen LogP contribution in [0, 0.1) is 0 Å². The Morgan fingerprint density at radius 1 is 0.776 bits per heavy atom. The highest BCUT2D eigenvalue weighted by Gasteiger charge is 2.22. The van der Waals surface area contributed by atoms with Crippen LogP contribution in [0.1, 0.15) is 106 Å². The molecule has 0 aliphatic carbocycles. The van der Waals surface area contributed by atoms with Gasteiger partial charge >= 0.3 is 5.97 Å². The molecule has 0 radical (unpaired) electrons. The van der Waals surface area contributed by atoms with Gasteiger partial charge in [-0.25, -0.2) is 4.79 Å². The van der Waals surface area contributed by atoms with Crippen LogP contribution < -0.4 is 16.4 Å². The third kappa shape index (κ3) is 14.2. The fraction of sp³-hybridized carbons (Fsp3) is 0.605. The lowest BCUT2D eigenvalue weighted by molar-refractivity contribution is -0.123. The normalized spacial score (nSPS) is 16.3. The maximum Gasteiger partial charge on any atom is 0.342 e. The number of hydrogen-bond donors (Lipinski definition) is 4. The fourth-order valence-electron chi connectivity index (χ4n) is 6.70. The summed E-state index contributed by atoms with van der Waals surface area (Å²) in [6.45, 7) is 5.48. The third-order valence-electron chi connectivity index (χ3n) is 9.69. The van der Waals surface area contributed by atoms with Crippen LogP contribution in [-0.2, 0) is 20.9 Å². The van der Waals surface area contributed by atoms with Crippen molar-refractivity contribution in [2.45, 2.75) is 109 Å². The minimum Gasteiger partial charge on any atom is -0.507 e. The van der Waals surface area contributed by atoms with Gasteiger partial charge in [0.15, 0.2) is 0 Å². The largest absolute Gasteiger partial charge is 0.507 e. The monoisotopic (exact) mass is 697 g/mol. The molecule has 2 heterocycles. The van der Waals surface area contributed by atoms with Crippen LogP contribution in [0.25, 0.3) is 0 Å². The molecule has 0 saturated carbocycles. The molecule has 4 rings (SSSR count). The van der Waals surface area contributed by atoms with E-state index in [0.29, 0.717) is 25.4 Å². The Morgan fingerprint density at radius 3 is 1.84 bits per heavy atom. The van der Waals surface area contributed by atoms with Crippen molar-refractivity contribution in [3.8, 4) is 5.75 Å². The summed E-state index contributed by atoms with van der Waals surface area (Å²) in [5.41, 5.74) is 7.18. The van der Waals surface area contributed by atoms with E-state index in [9.17, 15) is 19.5 Å². The van der Waals surface area contributed by atoms with Gasteiger partial charge in [0.05, 0.1) is 10.7 Å². The number of benzene rings is 2. The molecule has 2 aromatic carbocycles. The molecule has 0 atom stereocenters. The highest BCUT2D eigenvalue weighted by molar-refractivity contribution is 6.33. The number of phenolic OH excluding ortho intramolecular Hbond substituents is 1. The molecule has 5 N–H and O–H groups in total. The molecule has 10 nitrogen and oxygen atoms in total.